The molecule has 13 aromatic carbocycles. The largest absolute Gasteiger partial charge is 0.455 e. The molecule has 0 N–H and O–H groups in total. The molecule has 0 saturated heterocycles. The smallest absolute Gasteiger partial charge is 0.143 e. The molecule has 350 valence electrons. The summed E-state index contributed by atoms with van der Waals surface area (Å²) in [7, 11) is 0. The molecule has 3 heteroatoms. The molecule has 2 heterocycles. The van der Waals surface area contributed by atoms with E-state index in [0.29, 0.717) is 0 Å². The third-order valence-corrected chi connectivity index (χ3v) is 15.4. The van der Waals surface area contributed by atoms with Gasteiger partial charge in [-0.2, -0.15) is 0 Å². The van der Waals surface area contributed by atoms with E-state index < -0.39 is 0 Å². The molecule has 0 saturated carbocycles. The van der Waals surface area contributed by atoms with Crippen LogP contribution in [0.3, 0.4) is 0 Å². The molecule has 0 amide bonds. The number of anilines is 3. The molecule has 0 aliphatic carbocycles. The quantitative estimate of drug-likeness (QED) is 0.142. The molecule has 0 aliphatic rings. The van der Waals surface area contributed by atoms with Crippen LogP contribution in [0.1, 0.15) is 0 Å². The Bertz CT molecular complexity index is 4640. The van der Waals surface area contributed by atoms with Crippen molar-refractivity contribution in [2.45, 2.75) is 0 Å². The summed E-state index contributed by atoms with van der Waals surface area (Å²) >= 11 is 0. The van der Waals surface area contributed by atoms with Gasteiger partial charge in [-0.05, 0) is 139 Å². The first-order chi connectivity index (χ1) is 37.2. The first-order valence-electron chi connectivity index (χ1n) is 25.7. The lowest BCUT2D eigenvalue weighted by molar-refractivity contribution is 0.674. The van der Waals surface area contributed by atoms with E-state index in [1.807, 2.05) is 0 Å². The summed E-state index contributed by atoms with van der Waals surface area (Å²) in [6.07, 6.45) is 0. The Morgan fingerprint density at radius 1 is 0.253 bits per heavy atom. The van der Waals surface area contributed by atoms with Gasteiger partial charge in [0.25, 0.3) is 0 Å². The highest BCUT2D eigenvalue weighted by atomic mass is 16.3. The summed E-state index contributed by atoms with van der Waals surface area (Å²) in [5.41, 5.74) is 17.7. The minimum absolute atomic E-state index is 0.893. The summed E-state index contributed by atoms with van der Waals surface area (Å²) < 4.78 is 9.24. The number of furan rings is 1. The SMILES string of the molecule is c1cc(-c2cccc3c2oc2c4ccccc4ccc32)cc(N(c2ccc(-c3ccc(-c4ccc5ccc6ccccc6c5c4)cc3)cc2)c2ccc(-c3cccc(-n4c5ccccc5c5ccccc54)c3)cc2)c1. The van der Waals surface area contributed by atoms with Gasteiger partial charge in [0.2, 0.25) is 0 Å². The summed E-state index contributed by atoms with van der Waals surface area (Å²) in [4.78, 5) is 2.37. The number of aromatic nitrogens is 1. The van der Waals surface area contributed by atoms with Gasteiger partial charge < -0.3 is 13.9 Å². The predicted octanol–water partition coefficient (Wildman–Crippen LogP) is 20.3. The highest BCUT2D eigenvalue weighted by Gasteiger charge is 2.19. The molecule has 2 aromatic heterocycles. The zero-order valence-electron chi connectivity index (χ0n) is 40.9. The van der Waals surface area contributed by atoms with Crippen molar-refractivity contribution in [1.29, 1.82) is 0 Å². The first-order valence-corrected chi connectivity index (χ1v) is 25.7. The van der Waals surface area contributed by atoms with E-state index in [1.54, 1.807) is 0 Å². The van der Waals surface area contributed by atoms with E-state index in [2.05, 4.69) is 289 Å². The Morgan fingerprint density at radius 3 is 1.41 bits per heavy atom. The van der Waals surface area contributed by atoms with Crippen molar-refractivity contribution in [1.82, 2.24) is 4.57 Å². The molecule has 0 radical (unpaired) electrons. The van der Waals surface area contributed by atoms with Gasteiger partial charge in [-0.3, -0.25) is 0 Å². The maximum Gasteiger partial charge on any atom is 0.143 e. The second-order valence-corrected chi connectivity index (χ2v) is 19.6. The van der Waals surface area contributed by atoms with Gasteiger partial charge in [-0.1, -0.05) is 206 Å². The Morgan fingerprint density at radius 2 is 0.720 bits per heavy atom. The van der Waals surface area contributed by atoms with Crippen molar-refractivity contribution < 1.29 is 4.42 Å². The monoisotopic (exact) mass is 954 g/mol. The van der Waals surface area contributed by atoms with E-state index in [0.717, 1.165) is 77.9 Å². The summed E-state index contributed by atoms with van der Waals surface area (Å²) in [5, 5.41) is 12.1. The van der Waals surface area contributed by atoms with E-state index in [4.69, 9.17) is 4.42 Å². The number of fused-ring (bicyclic) bond motifs is 11. The number of hydrogen-bond donors (Lipinski definition) is 0. The van der Waals surface area contributed by atoms with Crippen molar-refractivity contribution in [3.8, 4) is 50.2 Å². The van der Waals surface area contributed by atoms with Crippen LogP contribution in [0.25, 0.3) is 126 Å². The number of para-hydroxylation sites is 3. The minimum Gasteiger partial charge on any atom is -0.455 e. The molecular formula is C72H46N2O. The van der Waals surface area contributed by atoms with Crippen LogP contribution in [0, 0.1) is 0 Å². The number of nitrogens with zero attached hydrogens (tertiary/aromatic N) is 2. The summed E-state index contributed by atoms with van der Waals surface area (Å²) in [6, 6.07) is 101. The third-order valence-electron chi connectivity index (χ3n) is 15.4. The Labute approximate surface area is 434 Å². The van der Waals surface area contributed by atoms with Gasteiger partial charge in [-0.25, -0.2) is 0 Å². The minimum atomic E-state index is 0.893. The Kier molecular flexibility index (Phi) is 9.89. The van der Waals surface area contributed by atoms with Crippen LogP contribution in [0.5, 0.6) is 0 Å². The van der Waals surface area contributed by atoms with Gasteiger partial charge in [0.1, 0.15) is 11.2 Å². The highest BCUT2D eigenvalue weighted by molar-refractivity contribution is 6.17. The average Bonchev–Trinajstić information content (AvgIpc) is 4.07. The lowest BCUT2D eigenvalue weighted by atomic mass is 9.96. The van der Waals surface area contributed by atoms with Crippen molar-refractivity contribution in [3.05, 3.63) is 279 Å². The van der Waals surface area contributed by atoms with E-state index in [1.165, 1.54) is 65.4 Å². The summed E-state index contributed by atoms with van der Waals surface area (Å²) in [5.74, 6) is 0. The van der Waals surface area contributed by atoms with Gasteiger partial charge in [0.05, 0.1) is 11.0 Å². The maximum atomic E-state index is 6.86. The van der Waals surface area contributed by atoms with Crippen molar-refractivity contribution in [3.63, 3.8) is 0 Å². The van der Waals surface area contributed by atoms with Crippen LogP contribution < -0.4 is 4.90 Å². The molecule has 0 unspecified atom stereocenters. The molecule has 0 bridgehead atoms. The third kappa shape index (κ3) is 7.20. The Hall–Kier alpha value is -9.96. The zero-order valence-corrected chi connectivity index (χ0v) is 40.9. The number of hydrogen-bond acceptors (Lipinski definition) is 2. The lowest BCUT2D eigenvalue weighted by Gasteiger charge is -2.26. The molecule has 0 fully saturated rings. The second kappa shape index (κ2) is 17.4. The van der Waals surface area contributed by atoms with Gasteiger partial charge in [0, 0.05) is 55.2 Å². The molecule has 75 heavy (non-hydrogen) atoms. The molecule has 0 aliphatic heterocycles. The van der Waals surface area contributed by atoms with Crippen LogP contribution in [-0.2, 0) is 0 Å². The molecule has 15 aromatic rings. The topological polar surface area (TPSA) is 21.3 Å². The van der Waals surface area contributed by atoms with Crippen LogP contribution in [0.2, 0.25) is 0 Å². The summed E-state index contributed by atoms with van der Waals surface area (Å²) in [6.45, 7) is 0. The molecule has 0 spiro atoms. The van der Waals surface area contributed by atoms with Gasteiger partial charge >= 0.3 is 0 Å². The van der Waals surface area contributed by atoms with E-state index in [9.17, 15) is 0 Å². The van der Waals surface area contributed by atoms with Crippen LogP contribution >= 0.6 is 0 Å². The van der Waals surface area contributed by atoms with Crippen LogP contribution in [0.4, 0.5) is 17.1 Å². The van der Waals surface area contributed by atoms with Crippen LogP contribution in [-0.4, -0.2) is 4.57 Å². The van der Waals surface area contributed by atoms with Crippen molar-refractivity contribution in [2.75, 3.05) is 4.90 Å². The molecule has 3 nitrogen and oxygen atoms in total. The molecule has 15 rings (SSSR count). The highest BCUT2D eigenvalue weighted by Crippen LogP contribution is 2.43. The molecule has 0 atom stereocenters. The fourth-order valence-electron chi connectivity index (χ4n) is 11.7. The lowest BCUT2D eigenvalue weighted by Crippen LogP contribution is -2.10. The van der Waals surface area contributed by atoms with Crippen molar-refractivity contribution >= 4 is 93.1 Å². The fraction of sp³-hybridized carbons (Fsp3) is 0. The van der Waals surface area contributed by atoms with Crippen LogP contribution in [0.15, 0.2) is 283 Å². The zero-order chi connectivity index (χ0) is 49.4. The first kappa shape index (κ1) is 42.7. The maximum absolute atomic E-state index is 6.86. The number of rotatable bonds is 8. The number of benzene rings is 13. The van der Waals surface area contributed by atoms with Gasteiger partial charge in [0.15, 0.2) is 0 Å². The predicted molar refractivity (Wildman–Crippen MR) is 317 cm³/mol. The Balaban J connectivity index is 0.804. The fourth-order valence-corrected chi connectivity index (χ4v) is 11.7. The van der Waals surface area contributed by atoms with E-state index in [-0.39, 0.29) is 0 Å². The second-order valence-electron chi connectivity index (χ2n) is 19.6. The standard InChI is InChI=1S/C72H46N2O/c1-3-18-61-51(12-1)30-31-53-32-33-55(46-68(53)61)49-28-26-47(27-29-49)48-34-39-57(40-35-48)73(59-16-10-15-56(45-59)63-22-11-23-66-67-43-38-52-13-2-4-19-62(52)71(67)75-72(63)66)58-41-36-50(37-42-58)54-14-9-17-60(44-54)74-69-24-7-5-20-64(69)65-21-6-8-25-70(65)74/h1-46H. The van der Waals surface area contributed by atoms with Crippen molar-refractivity contribution in [2.24, 2.45) is 0 Å². The molecular weight excluding hydrogens is 909 g/mol. The van der Waals surface area contributed by atoms with E-state index >= 15 is 0 Å². The normalized spacial score (nSPS) is 11.7. The van der Waals surface area contributed by atoms with Gasteiger partial charge in [-0.15, -0.1) is 0 Å². The average molecular weight is 955 g/mol.